The van der Waals surface area contributed by atoms with Crippen molar-refractivity contribution in [3.8, 4) is 5.75 Å². The highest BCUT2D eigenvalue weighted by Crippen LogP contribution is 2.12. The maximum absolute atomic E-state index is 13.0. The van der Waals surface area contributed by atoms with E-state index < -0.39 is 9.84 Å². The van der Waals surface area contributed by atoms with Crippen molar-refractivity contribution in [3.05, 3.63) is 30.1 Å². The van der Waals surface area contributed by atoms with Crippen molar-refractivity contribution >= 4 is 39.8 Å². The Labute approximate surface area is 152 Å². The largest absolute Gasteiger partial charge is 0.492 e. The van der Waals surface area contributed by atoms with Gasteiger partial charge in [-0.05, 0) is 18.6 Å². The van der Waals surface area contributed by atoms with Gasteiger partial charge in [-0.1, -0.05) is 6.07 Å². The van der Waals surface area contributed by atoms with Crippen LogP contribution in [0.1, 0.15) is 6.42 Å². The second-order valence-corrected chi connectivity index (χ2v) is 7.28. The Morgan fingerprint density at radius 2 is 2.26 bits per heavy atom. The molecule has 0 saturated carbocycles. The molecule has 1 atom stereocenters. The predicted octanol–water partition coefficient (Wildman–Crippen LogP) is 1.17. The number of nitrogens with one attached hydrogen (secondary N) is 2. The van der Waals surface area contributed by atoms with Gasteiger partial charge in [0.25, 0.3) is 0 Å². The lowest BCUT2D eigenvalue weighted by molar-refractivity contribution is 0.320. The topological polar surface area (TPSA) is 79.8 Å². The first-order chi connectivity index (χ1) is 10.5. The fraction of sp³-hybridized carbons (Fsp3) is 0.500. The van der Waals surface area contributed by atoms with Gasteiger partial charge in [-0.25, -0.2) is 12.8 Å². The van der Waals surface area contributed by atoms with Crippen LogP contribution in [0, 0.1) is 5.82 Å². The third-order valence-corrected chi connectivity index (χ3v) is 5.02. The molecule has 0 radical (unpaired) electrons. The zero-order valence-corrected chi connectivity index (χ0v) is 15.9. The highest BCUT2D eigenvalue weighted by atomic mass is 127. The smallest absolute Gasteiger partial charge is 0.191 e. The molecule has 0 spiro atoms. The second kappa shape index (κ2) is 9.26. The van der Waals surface area contributed by atoms with E-state index in [9.17, 15) is 12.8 Å². The van der Waals surface area contributed by atoms with E-state index in [1.807, 2.05) is 0 Å². The Hall–Kier alpha value is -1.10. The average Bonchev–Trinajstić information content (AvgIpc) is 2.81. The molecule has 0 aliphatic carbocycles. The first-order valence-corrected chi connectivity index (χ1v) is 8.86. The van der Waals surface area contributed by atoms with Crippen LogP contribution in [0.2, 0.25) is 0 Å². The van der Waals surface area contributed by atoms with Gasteiger partial charge in [0.2, 0.25) is 0 Å². The summed E-state index contributed by atoms with van der Waals surface area (Å²) in [6.07, 6.45) is 0.586. The molecule has 2 rings (SSSR count). The maximum Gasteiger partial charge on any atom is 0.191 e. The fourth-order valence-corrected chi connectivity index (χ4v) is 3.87. The van der Waals surface area contributed by atoms with Crippen molar-refractivity contribution in [1.82, 2.24) is 10.6 Å². The van der Waals surface area contributed by atoms with Crippen LogP contribution in [0.15, 0.2) is 29.3 Å². The number of guanidine groups is 1. The van der Waals surface area contributed by atoms with Crippen molar-refractivity contribution in [3.63, 3.8) is 0 Å². The van der Waals surface area contributed by atoms with Crippen LogP contribution in [0.4, 0.5) is 4.39 Å². The van der Waals surface area contributed by atoms with Gasteiger partial charge in [-0.3, -0.25) is 4.99 Å². The third-order valence-electron chi connectivity index (χ3n) is 3.26. The molecule has 2 N–H and O–H groups in total. The Balaban J connectivity index is 0.00000264. The minimum atomic E-state index is -2.92. The monoisotopic (exact) mass is 457 g/mol. The Morgan fingerprint density at radius 3 is 2.87 bits per heavy atom. The van der Waals surface area contributed by atoms with Crippen LogP contribution < -0.4 is 15.4 Å². The SMILES string of the molecule is CN=C(NCCOc1cccc(F)c1)NC1CCS(=O)(=O)C1.I. The number of rotatable bonds is 5. The standard InChI is InChI=1S/C14H20FN3O3S.HI/c1-16-14(18-12-5-8-22(19,20)10-12)17-6-7-21-13-4-2-3-11(15)9-13;/h2-4,9,12H,5-8,10H2,1H3,(H2,16,17,18);1H. The molecule has 1 aliphatic heterocycles. The lowest BCUT2D eigenvalue weighted by atomic mass is 10.3. The summed E-state index contributed by atoms with van der Waals surface area (Å²) in [7, 11) is -1.30. The van der Waals surface area contributed by atoms with E-state index in [2.05, 4.69) is 15.6 Å². The Bertz CT molecular complexity index is 640. The molecule has 6 nitrogen and oxygen atoms in total. The lowest BCUT2D eigenvalue weighted by Gasteiger charge is -2.16. The molecular formula is C14H21FIN3O3S. The van der Waals surface area contributed by atoms with E-state index in [0.29, 0.717) is 31.3 Å². The quantitative estimate of drug-likeness (QED) is 0.301. The highest BCUT2D eigenvalue weighted by Gasteiger charge is 2.28. The first kappa shape index (κ1) is 19.9. The van der Waals surface area contributed by atoms with Crippen LogP contribution in [0.5, 0.6) is 5.75 Å². The molecule has 1 saturated heterocycles. The minimum absolute atomic E-state index is 0. The average molecular weight is 457 g/mol. The third kappa shape index (κ3) is 6.90. The minimum Gasteiger partial charge on any atom is -0.492 e. The highest BCUT2D eigenvalue weighted by molar-refractivity contribution is 14.0. The van der Waals surface area contributed by atoms with Gasteiger partial charge < -0.3 is 15.4 Å². The molecule has 1 fully saturated rings. The van der Waals surface area contributed by atoms with Crippen molar-refractivity contribution in [2.24, 2.45) is 4.99 Å². The molecule has 1 aromatic rings. The summed E-state index contributed by atoms with van der Waals surface area (Å²) in [5.41, 5.74) is 0. The van der Waals surface area contributed by atoms with E-state index in [4.69, 9.17) is 4.74 Å². The Morgan fingerprint density at radius 1 is 1.48 bits per heavy atom. The summed E-state index contributed by atoms with van der Waals surface area (Å²) in [5.74, 6) is 1.000. The molecule has 0 amide bonds. The Kier molecular flexibility index (Phi) is 8.03. The molecule has 9 heteroatoms. The lowest BCUT2D eigenvalue weighted by Crippen LogP contribution is -2.45. The van der Waals surface area contributed by atoms with Gasteiger partial charge in [-0.2, -0.15) is 0 Å². The first-order valence-electron chi connectivity index (χ1n) is 7.04. The van der Waals surface area contributed by atoms with Crippen LogP contribution in [-0.2, 0) is 9.84 Å². The van der Waals surface area contributed by atoms with Crippen molar-refractivity contribution in [2.75, 3.05) is 31.7 Å². The number of aliphatic imine (C=N–C) groups is 1. The summed E-state index contributed by atoms with van der Waals surface area (Å²) in [6, 6.07) is 5.82. The van der Waals surface area contributed by atoms with Gasteiger partial charge in [0, 0.05) is 19.2 Å². The predicted molar refractivity (Wildman–Crippen MR) is 98.9 cm³/mol. The zero-order chi connectivity index (χ0) is 16.0. The van der Waals surface area contributed by atoms with Crippen LogP contribution in [-0.4, -0.2) is 52.1 Å². The molecule has 1 heterocycles. The zero-order valence-electron chi connectivity index (χ0n) is 12.8. The van der Waals surface area contributed by atoms with Gasteiger partial charge in [-0.15, -0.1) is 24.0 Å². The normalized spacial score (nSPS) is 19.7. The molecular weight excluding hydrogens is 436 g/mol. The van der Waals surface area contributed by atoms with E-state index in [-0.39, 0.29) is 47.3 Å². The summed E-state index contributed by atoms with van der Waals surface area (Å²) < 4.78 is 41.2. The van der Waals surface area contributed by atoms with Crippen molar-refractivity contribution in [1.29, 1.82) is 0 Å². The van der Waals surface area contributed by atoms with E-state index in [1.54, 1.807) is 19.2 Å². The van der Waals surface area contributed by atoms with E-state index >= 15 is 0 Å². The maximum atomic E-state index is 13.0. The molecule has 1 aliphatic rings. The number of ether oxygens (including phenoxy) is 1. The number of sulfone groups is 1. The van der Waals surface area contributed by atoms with Gasteiger partial charge >= 0.3 is 0 Å². The summed E-state index contributed by atoms with van der Waals surface area (Å²) in [5, 5.41) is 6.11. The summed E-state index contributed by atoms with van der Waals surface area (Å²) >= 11 is 0. The number of hydrogen-bond acceptors (Lipinski definition) is 4. The molecule has 130 valence electrons. The summed E-state index contributed by atoms with van der Waals surface area (Å²) in [4.78, 5) is 4.04. The van der Waals surface area contributed by atoms with Crippen LogP contribution in [0.25, 0.3) is 0 Å². The van der Waals surface area contributed by atoms with Crippen LogP contribution in [0.3, 0.4) is 0 Å². The van der Waals surface area contributed by atoms with E-state index in [0.717, 1.165) is 0 Å². The molecule has 0 bridgehead atoms. The number of nitrogens with zero attached hydrogens (tertiary/aromatic N) is 1. The van der Waals surface area contributed by atoms with E-state index in [1.165, 1.54) is 12.1 Å². The molecule has 1 aromatic carbocycles. The number of hydrogen-bond donors (Lipinski definition) is 2. The molecule has 0 aromatic heterocycles. The van der Waals surface area contributed by atoms with Gasteiger partial charge in [0.15, 0.2) is 15.8 Å². The van der Waals surface area contributed by atoms with Crippen molar-refractivity contribution < 1.29 is 17.5 Å². The van der Waals surface area contributed by atoms with Gasteiger partial charge in [0.1, 0.15) is 18.2 Å². The second-order valence-electron chi connectivity index (χ2n) is 5.05. The fourth-order valence-electron chi connectivity index (χ4n) is 2.19. The van der Waals surface area contributed by atoms with Crippen LogP contribution >= 0.6 is 24.0 Å². The van der Waals surface area contributed by atoms with Crippen molar-refractivity contribution in [2.45, 2.75) is 12.5 Å². The molecule has 23 heavy (non-hydrogen) atoms. The molecule has 1 unspecified atom stereocenters. The number of benzene rings is 1. The van der Waals surface area contributed by atoms with Gasteiger partial charge in [0.05, 0.1) is 18.1 Å². The number of halogens is 2. The summed E-state index contributed by atoms with van der Waals surface area (Å²) in [6.45, 7) is 0.808.